The minimum atomic E-state index is -0.479. The van der Waals surface area contributed by atoms with Crippen LogP contribution in [-0.2, 0) is 13.6 Å². The average Bonchev–Trinajstić information content (AvgIpc) is 2.83. The van der Waals surface area contributed by atoms with Crippen LogP contribution in [0.3, 0.4) is 0 Å². The van der Waals surface area contributed by atoms with Gasteiger partial charge in [-0.25, -0.2) is 9.18 Å². The number of aromatic nitrogens is 1. The highest BCUT2D eigenvalue weighted by Crippen LogP contribution is 2.35. The van der Waals surface area contributed by atoms with Crippen LogP contribution in [0, 0.1) is 19.7 Å². The number of methoxy groups -OCH3 is 1. The molecule has 0 unspecified atom stereocenters. The Kier molecular flexibility index (Phi) is 6.36. The summed E-state index contributed by atoms with van der Waals surface area (Å²) in [5.74, 6) is 0.623. The van der Waals surface area contributed by atoms with Gasteiger partial charge in [0.1, 0.15) is 17.4 Å². The van der Waals surface area contributed by atoms with Crippen LogP contribution in [0.25, 0.3) is 21.9 Å². The van der Waals surface area contributed by atoms with Crippen molar-refractivity contribution in [1.82, 2.24) is 9.88 Å². The van der Waals surface area contributed by atoms with Gasteiger partial charge in [-0.05, 0) is 60.2 Å². The summed E-state index contributed by atoms with van der Waals surface area (Å²) in [7, 11) is 3.18. The van der Waals surface area contributed by atoms with Gasteiger partial charge in [-0.15, -0.1) is 0 Å². The monoisotopic (exact) mass is 459 g/mol. The molecular formula is C27H26FN3O3. The minimum Gasteiger partial charge on any atom is -0.496 e. The molecule has 1 aromatic heterocycles. The molecule has 0 atom stereocenters. The molecule has 4 aromatic rings. The highest BCUT2D eigenvalue weighted by molar-refractivity contribution is 6.05. The number of urea groups is 1. The summed E-state index contributed by atoms with van der Waals surface area (Å²) < 4.78 is 20.4. The maximum absolute atomic E-state index is 13.7. The standard InChI is InChI=1S/C27H26FN3O3/c1-16-13-21-22(14-17(16)2)26(32)31(3)25(24(21)18-9-11-20(28)12-10-18)30-27(33)29-15-19-7-5-6-8-23(19)34-4/h5-14H,15H2,1-4H3,(H2,29,30,33). The summed E-state index contributed by atoms with van der Waals surface area (Å²) in [6.07, 6.45) is 0. The van der Waals surface area contributed by atoms with Crippen molar-refractivity contribution in [2.24, 2.45) is 7.05 Å². The van der Waals surface area contributed by atoms with Crippen molar-refractivity contribution in [3.63, 3.8) is 0 Å². The first-order chi connectivity index (χ1) is 16.3. The van der Waals surface area contributed by atoms with Crippen LogP contribution in [0.15, 0.2) is 65.5 Å². The van der Waals surface area contributed by atoms with Gasteiger partial charge in [-0.2, -0.15) is 0 Å². The maximum Gasteiger partial charge on any atom is 0.320 e. The van der Waals surface area contributed by atoms with Gasteiger partial charge < -0.3 is 10.1 Å². The van der Waals surface area contributed by atoms with E-state index in [9.17, 15) is 14.0 Å². The van der Waals surface area contributed by atoms with E-state index in [0.29, 0.717) is 33.5 Å². The summed E-state index contributed by atoms with van der Waals surface area (Å²) >= 11 is 0. The van der Waals surface area contributed by atoms with E-state index in [2.05, 4.69) is 10.6 Å². The Hall–Kier alpha value is -4.13. The molecule has 0 saturated heterocycles. The predicted octanol–water partition coefficient (Wildman–Crippen LogP) is 5.29. The van der Waals surface area contributed by atoms with Gasteiger partial charge in [0.15, 0.2) is 0 Å². The van der Waals surface area contributed by atoms with Crippen molar-refractivity contribution in [3.05, 3.63) is 93.5 Å². The van der Waals surface area contributed by atoms with Crippen LogP contribution in [0.4, 0.5) is 15.0 Å². The number of nitrogens with one attached hydrogen (secondary N) is 2. The topological polar surface area (TPSA) is 72.4 Å². The highest BCUT2D eigenvalue weighted by Gasteiger charge is 2.19. The first-order valence-electron chi connectivity index (χ1n) is 10.9. The largest absolute Gasteiger partial charge is 0.496 e. The smallest absolute Gasteiger partial charge is 0.320 e. The molecule has 0 aliphatic rings. The first kappa shape index (κ1) is 23.0. The van der Waals surface area contributed by atoms with Gasteiger partial charge in [0.2, 0.25) is 0 Å². The number of hydrogen-bond donors (Lipinski definition) is 2. The number of nitrogens with zero attached hydrogens (tertiary/aromatic N) is 1. The van der Waals surface area contributed by atoms with Crippen molar-refractivity contribution in [2.45, 2.75) is 20.4 Å². The summed E-state index contributed by atoms with van der Waals surface area (Å²) in [5.41, 5.74) is 3.92. The van der Waals surface area contributed by atoms with Gasteiger partial charge in [-0.1, -0.05) is 36.4 Å². The van der Waals surface area contributed by atoms with Crippen LogP contribution in [-0.4, -0.2) is 17.7 Å². The Bertz CT molecular complexity index is 1440. The predicted molar refractivity (Wildman–Crippen MR) is 133 cm³/mol. The van der Waals surface area contributed by atoms with E-state index in [-0.39, 0.29) is 17.9 Å². The quantitative estimate of drug-likeness (QED) is 0.426. The molecule has 34 heavy (non-hydrogen) atoms. The summed E-state index contributed by atoms with van der Waals surface area (Å²) in [6.45, 7) is 4.15. The number of benzene rings is 3. The fraction of sp³-hybridized carbons (Fsp3) is 0.185. The Morgan fingerprint density at radius 3 is 2.32 bits per heavy atom. The van der Waals surface area contributed by atoms with E-state index >= 15 is 0 Å². The number of para-hydroxylation sites is 1. The number of amides is 2. The lowest BCUT2D eigenvalue weighted by Crippen LogP contribution is -2.32. The van der Waals surface area contributed by atoms with Gasteiger partial charge >= 0.3 is 6.03 Å². The summed E-state index contributed by atoms with van der Waals surface area (Å²) in [5, 5.41) is 6.89. The second-order valence-corrected chi connectivity index (χ2v) is 8.20. The fourth-order valence-corrected chi connectivity index (χ4v) is 4.01. The molecule has 0 saturated carbocycles. The van der Waals surface area contributed by atoms with E-state index in [1.807, 2.05) is 50.2 Å². The Labute approximate surface area is 197 Å². The molecule has 0 spiro atoms. The van der Waals surface area contributed by atoms with Crippen LogP contribution in [0.1, 0.15) is 16.7 Å². The molecule has 0 radical (unpaired) electrons. The number of pyridine rings is 1. The third kappa shape index (κ3) is 4.37. The van der Waals surface area contributed by atoms with E-state index in [4.69, 9.17) is 4.74 Å². The fourth-order valence-electron chi connectivity index (χ4n) is 4.01. The van der Waals surface area contributed by atoms with E-state index < -0.39 is 6.03 Å². The number of aryl methyl sites for hydroxylation is 2. The zero-order valence-corrected chi connectivity index (χ0v) is 19.5. The first-order valence-corrected chi connectivity index (χ1v) is 10.9. The number of carbonyl (C=O) groups is 1. The molecule has 2 amide bonds. The van der Waals surface area contributed by atoms with Crippen molar-refractivity contribution in [2.75, 3.05) is 12.4 Å². The molecule has 3 aromatic carbocycles. The number of hydrogen-bond acceptors (Lipinski definition) is 3. The summed E-state index contributed by atoms with van der Waals surface area (Å²) in [6, 6.07) is 16.7. The summed E-state index contributed by atoms with van der Waals surface area (Å²) in [4.78, 5) is 26.1. The van der Waals surface area contributed by atoms with Gasteiger partial charge in [-0.3, -0.25) is 14.7 Å². The molecule has 1 heterocycles. The zero-order chi connectivity index (χ0) is 24.4. The second-order valence-electron chi connectivity index (χ2n) is 8.20. The van der Waals surface area contributed by atoms with Crippen LogP contribution in [0.5, 0.6) is 5.75 Å². The average molecular weight is 460 g/mol. The molecule has 0 aliphatic heterocycles. The number of carbonyl (C=O) groups excluding carboxylic acids is 1. The number of ether oxygens (including phenoxy) is 1. The van der Waals surface area contributed by atoms with Crippen molar-refractivity contribution in [1.29, 1.82) is 0 Å². The normalized spacial score (nSPS) is 10.9. The third-order valence-corrected chi connectivity index (χ3v) is 6.01. The molecule has 0 fully saturated rings. The molecule has 0 bridgehead atoms. The van der Waals surface area contributed by atoms with E-state index in [0.717, 1.165) is 16.7 Å². The van der Waals surface area contributed by atoms with E-state index in [1.54, 1.807) is 26.3 Å². The van der Waals surface area contributed by atoms with Crippen molar-refractivity contribution in [3.8, 4) is 16.9 Å². The molecule has 6 nitrogen and oxygen atoms in total. The van der Waals surface area contributed by atoms with Gasteiger partial charge in [0.25, 0.3) is 5.56 Å². The minimum absolute atomic E-state index is 0.232. The van der Waals surface area contributed by atoms with E-state index in [1.165, 1.54) is 16.7 Å². The molecule has 4 rings (SSSR count). The lowest BCUT2D eigenvalue weighted by Gasteiger charge is -2.19. The molecule has 2 N–H and O–H groups in total. The van der Waals surface area contributed by atoms with Crippen LogP contribution >= 0.6 is 0 Å². The van der Waals surface area contributed by atoms with Gasteiger partial charge in [0, 0.05) is 30.1 Å². The highest BCUT2D eigenvalue weighted by atomic mass is 19.1. The molecule has 0 aliphatic carbocycles. The Morgan fingerprint density at radius 1 is 1.00 bits per heavy atom. The van der Waals surface area contributed by atoms with Crippen LogP contribution < -0.4 is 20.9 Å². The number of anilines is 1. The van der Waals surface area contributed by atoms with Crippen molar-refractivity contribution >= 4 is 22.6 Å². The van der Waals surface area contributed by atoms with Gasteiger partial charge in [0.05, 0.1) is 7.11 Å². The zero-order valence-electron chi connectivity index (χ0n) is 19.5. The molecule has 174 valence electrons. The second kappa shape index (κ2) is 9.39. The Morgan fingerprint density at radius 2 is 1.65 bits per heavy atom. The maximum atomic E-state index is 13.7. The lowest BCUT2D eigenvalue weighted by molar-refractivity contribution is 0.251. The van der Waals surface area contributed by atoms with Crippen LogP contribution in [0.2, 0.25) is 0 Å². The lowest BCUT2D eigenvalue weighted by atomic mass is 9.95. The molecular weight excluding hydrogens is 433 g/mol. The third-order valence-electron chi connectivity index (χ3n) is 6.01. The number of halogens is 1. The SMILES string of the molecule is COc1ccccc1CNC(=O)Nc1c(-c2ccc(F)cc2)c2cc(C)c(C)cc2c(=O)n1C. The van der Waals surface area contributed by atoms with Crippen molar-refractivity contribution < 1.29 is 13.9 Å². The number of rotatable bonds is 5. The molecule has 7 heteroatoms. The number of fused-ring (bicyclic) bond motifs is 1. The Balaban J connectivity index is 1.79.